The maximum Gasteiger partial charge on any atom is 0.223 e. The molecule has 0 atom stereocenters. The quantitative estimate of drug-likeness (QED) is 0.888. The van der Waals surface area contributed by atoms with Crippen molar-refractivity contribution in [3.63, 3.8) is 0 Å². The van der Waals surface area contributed by atoms with Gasteiger partial charge in [0.05, 0.1) is 6.26 Å². The SMILES string of the molecule is CN(C(=O)CCc1ccco1)C1CCC(N)CC1. The minimum atomic E-state index is 0.201. The number of furan rings is 1. The molecule has 0 aromatic carbocycles. The molecular weight excluding hydrogens is 228 g/mol. The number of amides is 1. The molecule has 1 amide bonds. The Morgan fingerprint density at radius 2 is 2.17 bits per heavy atom. The lowest BCUT2D eigenvalue weighted by Crippen LogP contribution is -2.41. The van der Waals surface area contributed by atoms with E-state index in [1.165, 1.54) is 0 Å². The van der Waals surface area contributed by atoms with Gasteiger partial charge >= 0.3 is 0 Å². The second kappa shape index (κ2) is 6.05. The van der Waals surface area contributed by atoms with Crippen LogP contribution in [0.25, 0.3) is 0 Å². The fourth-order valence-electron chi connectivity index (χ4n) is 2.55. The molecule has 0 saturated heterocycles. The van der Waals surface area contributed by atoms with Crippen molar-refractivity contribution in [1.82, 2.24) is 4.90 Å². The van der Waals surface area contributed by atoms with E-state index >= 15 is 0 Å². The first-order valence-corrected chi connectivity index (χ1v) is 6.70. The molecule has 1 heterocycles. The Hall–Kier alpha value is -1.29. The van der Waals surface area contributed by atoms with E-state index < -0.39 is 0 Å². The third kappa shape index (κ3) is 3.35. The second-order valence-electron chi connectivity index (χ2n) is 5.15. The van der Waals surface area contributed by atoms with E-state index in [4.69, 9.17) is 10.2 Å². The highest BCUT2D eigenvalue weighted by atomic mass is 16.3. The van der Waals surface area contributed by atoms with Gasteiger partial charge in [0, 0.05) is 32.0 Å². The molecule has 1 aromatic rings. The van der Waals surface area contributed by atoms with Gasteiger partial charge in [-0.2, -0.15) is 0 Å². The molecule has 0 spiro atoms. The highest BCUT2D eigenvalue weighted by Crippen LogP contribution is 2.21. The molecule has 1 fully saturated rings. The topological polar surface area (TPSA) is 59.5 Å². The zero-order valence-corrected chi connectivity index (χ0v) is 11.0. The van der Waals surface area contributed by atoms with E-state index in [2.05, 4.69) is 0 Å². The summed E-state index contributed by atoms with van der Waals surface area (Å²) in [6.45, 7) is 0. The maximum atomic E-state index is 12.1. The summed E-state index contributed by atoms with van der Waals surface area (Å²) in [5, 5.41) is 0. The molecular formula is C14H22N2O2. The Labute approximate surface area is 108 Å². The maximum absolute atomic E-state index is 12.1. The predicted molar refractivity (Wildman–Crippen MR) is 70.0 cm³/mol. The van der Waals surface area contributed by atoms with Gasteiger partial charge in [0.15, 0.2) is 0 Å². The highest BCUT2D eigenvalue weighted by Gasteiger charge is 2.24. The Kier molecular flexibility index (Phi) is 4.42. The van der Waals surface area contributed by atoms with Crippen LogP contribution >= 0.6 is 0 Å². The van der Waals surface area contributed by atoms with E-state index in [1.807, 2.05) is 24.1 Å². The van der Waals surface area contributed by atoms with Gasteiger partial charge in [-0.05, 0) is 37.8 Å². The fourth-order valence-corrected chi connectivity index (χ4v) is 2.55. The monoisotopic (exact) mass is 250 g/mol. The fraction of sp³-hybridized carbons (Fsp3) is 0.643. The summed E-state index contributed by atoms with van der Waals surface area (Å²) in [5.74, 6) is 1.08. The molecule has 18 heavy (non-hydrogen) atoms. The molecule has 0 aliphatic heterocycles. The summed E-state index contributed by atoms with van der Waals surface area (Å²) in [4.78, 5) is 14.0. The van der Waals surface area contributed by atoms with Gasteiger partial charge in [-0.3, -0.25) is 4.79 Å². The van der Waals surface area contributed by atoms with Gasteiger partial charge in [0.2, 0.25) is 5.91 Å². The minimum Gasteiger partial charge on any atom is -0.469 e. The van der Waals surface area contributed by atoms with Crippen molar-refractivity contribution in [2.24, 2.45) is 5.73 Å². The number of hydrogen-bond acceptors (Lipinski definition) is 3. The number of hydrogen-bond donors (Lipinski definition) is 1. The van der Waals surface area contributed by atoms with Crippen molar-refractivity contribution >= 4 is 5.91 Å². The van der Waals surface area contributed by atoms with Crippen molar-refractivity contribution < 1.29 is 9.21 Å². The smallest absolute Gasteiger partial charge is 0.223 e. The van der Waals surface area contributed by atoms with Gasteiger partial charge in [-0.1, -0.05) is 0 Å². The minimum absolute atomic E-state index is 0.201. The normalized spacial score (nSPS) is 23.9. The van der Waals surface area contributed by atoms with Crippen LogP contribution < -0.4 is 5.73 Å². The Bertz CT molecular complexity index is 367. The largest absolute Gasteiger partial charge is 0.469 e. The summed E-state index contributed by atoms with van der Waals surface area (Å²) in [7, 11) is 1.91. The first-order chi connectivity index (χ1) is 8.66. The lowest BCUT2D eigenvalue weighted by Gasteiger charge is -2.33. The lowest BCUT2D eigenvalue weighted by molar-refractivity contribution is -0.132. The molecule has 1 aromatic heterocycles. The number of rotatable bonds is 4. The van der Waals surface area contributed by atoms with E-state index in [-0.39, 0.29) is 5.91 Å². The molecule has 2 rings (SSSR count). The van der Waals surface area contributed by atoms with Gasteiger partial charge in [-0.15, -0.1) is 0 Å². The predicted octanol–water partition coefficient (Wildman–Crippen LogP) is 1.94. The van der Waals surface area contributed by atoms with Crippen LogP contribution in [-0.4, -0.2) is 29.9 Å². The number of nitrogens with two attached hydrogens (primary N) is 1. The van der Waals surface area contributed by atoms with Crippen LogP contribution in [0.4, 0.5) is 0 Å². The van der Waals surface area contributed by atoms with Crippen molar-refractivity contribution in [1.29, 1.82) is 0 Å². The van der Waals surface area contributed by atoms with Gasteiger partial charge in [0.25, 0.3) is 0 Å². The third-order valence-electron chi connectivity index (χ3n) is 3.85. The number of aryl methyl sites for hydroxylation is 1. The Morgan fingerprint density at radius 1 is 1.44 bits per heavy atom. The molecule has 100 valence electrons. The molecule has 0 radical (unpaired) electrons. The Balaban J connectivity index is 1.77. The molecule has 1 aliphatic rings. The Morgan fingerprint density at radius 3 is 2.78 bits per heavy atom. The first kappa shape index (κ1) is 13.1. The van der Waals surface area contributed by atoms with E-state index in [1.54, 1.807) is 6.26 Å². The van der Waals surface area contributed by atoms with Crippen molar-refractivity contribution in [3.8, 4) is 0 Å². The lowest BCUT2D eigenvalue weighted by atomic mass is 9.91. The van der Waals surface area contributed by atoms with Crippen LogP contribution in [0.15, 0.2) is 22.8 Å². The van der Waals surface area contributed by atoms with E-state index in [0.717, 1.165) is 31.4 Å². The molecule has 1 aliphatic carbocycles. The highest BCUT2D eigenvalue weighted by molar-refractivity contribution is 5.76. The average Bonchev–Trinajstić information content (AvgIpc) is 2.89. The van der Waals surface area contributed by atoms with Crippen LogP contribution in [-0.2, 0) is 11.2 Å². The van der Waals surface area contributed by atoms with E-state index in [9.17, 15) is 4.79 Å². The third-order valence-corrected chi connectivity index (χ3v) is 3.85. The summed E-state index contributed by atoms with van der Waals surface area (Å²) in [5.41, 5.74) is 5.88. The molecule has 4 nitrogen and oxygen atoms in total. The summed E-state index contributed by atoms with van der Waals surface area (Å²) in [6.07, 6.45) is 6.97. The van der Waals surface area contributed by atoms with Crippen LogP contribution in [0.1, 0.15) is 37.9 Å². The van der Waals surface area contributed by atoms with Crippen molar-refractivity contribution in [3.05, 3.63) is 24.2 Å². The molecule has 4 heteroatoms. The number of carbonyl (C=O) groups excluding carboxylic acids is 1. The summed E-state index contributed by atoms with van der Waals surface area (Å²) in [6, 6.07) is 4.46. The zero-order chi connectivity index (χ0) is 13.0. The molecule has 2 N–H and O–H groups in total. The van der Waals surface area contributed by atoms with Crippen molar-refractivity contribution in [2.45, 2.75) is 50.6 Å². The number of nitrogens with zero attached hydrogens (tertiary/aromatic N) is 1. The van der Waals surface area contributed by atoms with Crippen molar-refractivity contribution in [2.75, 3.05) is 7.05 Å². The average molecular weight is 250 g/mol. The van der Waals surface area contributed by atoms with Gasteiger partial charge in [-0.25, -0.2) is 0 Å². The van der Waals surface area contributed by atoms with Gasteiger partial charge < -0.3 is 15.1 Å². The zero-order valence-electron chi connectivity index (χ0n) is 11.0. The molecule has 0 bridgehead atoms. The van der Waals surface area contributed by atoms with Crippen LogP contribution in [0.2, 0.25) is 0 Å². The second-order valence-corrected chi connectivity index (χ2v) is 5.15. The standard InChI is InChI=1S/C14H22N2O2/c1-16(12-6-4-11(15)5-7-12)14(17)9-8-13-3-2-10-18-13/h2-3,10-12H,4-9,15H2,1H3. The van der Waals surface area contributed by atoms with E-state index in [0.29, 0.717) is 24.9 Å². The molecule has 0 unspecified atom stereocenters. The first-order valence-electron chi connectivity index (χ1n) is 6.70. The van der Waals surface area contributed by atoms with Crippen LogP contribution in [0.3, 0.4) is 0 Å². The summed E-state index contributed by atoms with van der Waals surface area (Å²) >= 11 is 0. The van der Waals surface area contributed by atoms with Crippen LogP contribution in [0, 0.1) is 0 Å². The van der Waals surface area contributed by atoms with Crippen LogP contribution in [0.5, 0.6) is 0 Å². The molecule has 1 saturated carbocycles. The van der Waals surface area contributed by atoms with Gasteiger partial charge in [0.1, 0.15) is 5.76 Å². The number of carbonyl (C=O) groups is 1. The summed E-state index contributed by atoms with van der Waals surface area (Å²) < 4.78 is 5.24.